The van der Waals surface area contributed by atoms with Crippen LogP contribution in [-0.4, -0.2) is 26.3 Å². The molecule has 0 aromatic carbocycles. The first kappa shape index (κ1) is 15.5. The molecule has 0 fully saturated rings. The number of hydrogen-bond donors (Lipinski definition) is 1. The first-order chi connectivity index (χ1) is 11.8. The quantitative estimate of drug-likeness (QED) is 0.745. The van der Waals surface area contributed by atoms with E-state index < -0.39 is 0 Å². The topological polar surface area (TPSA) is 68.8 Å². The van der Waals surface area contributed by atoms with Crippen LogP contribution in [0.4, 0.5) is 0 Å². The highest BCUT2D eigenvalue weighted by Gasteiger charge is 2.22. The van der Waals surface area contributed by atoms with Gasteiger partial charge in [0, 0.05) is 32.5 Å². The number of hydrogen-bond acceptors (Lipinski definition) is 6. The molecule has 4 heterocycles. The summed E-state index contributed by atoms with van der Waals surface area (Å²) >= 11 is 1.64. The standard InChI is InChI=1S/C17H21N5OS/c1-2-15-20-21-16-6-5-12(10-22(15)16)8-18-9-13-11-23-17(19-13)14-4-3-7-24-14/h3-4,7,11-12,18H,2,5-6,8-10H2,1H3/t12-/m1/s1. The number of aromatic nitrogens is 4. The fraction of sp³-hybridized carbons (Fsp3) is 0.471. The van der Waals surface area contributed by atoms with Gasteiger partial charge in [-0.05, 0) is 23.8 Å². The highest BCUT2D eigenvalue weighted by atomic mass is 32.1. The predicted octanol–water partition coefficient (Wildman–Crippen LogP) is 2.91. The Balaban J connectivity index is 1.30. The molecule has 4 rings (SSSR count). The van der Waals surface area contributed by atoms with Crippen LogP contribution in [0.1, 0.15) is 30.7 Å². The van der Waals surface area contributed by atoms with Crippen molar-refractivity contribution in [3.63, 3.8) is 0 Å². The largest absolute Gasteiger partial charge is 0.444 e. The number of thiophene rings is 1. The molecular formula is C17H21N5OS. The van der Waals surface area contributed by atoms with E-state index in [0.29, 0.717) is 11.8 Å². The Labute approximate surface area is 144 Å². The summed E-state index contributed by atoms with van der Waals surface area (Å²) in [6, 6.07) is 4.03. The summed E-state index contributed by atoms with van der Waals surface area (Å²) in [5.41, 5.74) is 0.952. The zero-order chi connectivity index (χ0) is 16.4. The third-order valence-corrected chi connectivity index (χ3v) is 5.32. The molecule has 126 valence electrons. The molecule has 0 aliphatic carbocycles. The zero-order valence-electron chi connectivity index (χ0n) is 13.7. The second-order valence-electron chi connectivity index (χ2n) is 6.15. The highest BCUT2D eigenvalue weighted by molar-refractivity contribution is 7.13. The monoisotopic (exact) mass is 343 g/mol. The van der Waals surface area contributed by atoms with Gasteiger partial charge in [0.05, 0.1) is 10.6 Å². The number of aryl methyl sites for hydroxylation is 2. The minimum absolute atomic E-state index is 0.613. The third kappa shape index (κ3) is 3.14. The van der Waals surface area contributed by atoms with Crippen molar-refractivity contribution in [2.24, 2.45) is 5.92 Å². The summed E-state index contributed by atoms with van der Waals surface area (Å²) in [7, 11) is 0. The molecule has 3 aromatic heterocycles. The van der Waals surface area contributed by atoms with Crippen molar-refractivity contribution in [3.05, 3.63) is 41.1 Å². The van der Waals surface area contributed by atoms with Crippen molar-refractivity contribution in [2.75, 3.05) is 6.54 Å². The average molecular weight is 343 g/mol. The molecule has 0 saturated heterocycles. The van der Waals surface area contributed by atoms with Crippen molar-refractivity contribution in [1.82, 2.24) is 25.1 Å². The van der Waals surface area contributed by atoms with Crippen molar-refractivity contribution >= 4 is 11.3 Å². The van der Waals surface area contributed by atoms with Crippen LogP contribution < -0.4 is 5.32 Å². The summed E-state index contributed by atoms with van der Waals surface area (Å²) in [5, 5.41) is 14.1. The number of nitrogens with one attached hydrogen (secondary N) is 1. The Kier molecular flexibility index (Phi) is 4.44. The number of oxazole rings is 1. The van der Waals surface area contributed by atoms with Crippen molar-refractivity contribution in [1.29, 1.82) is 0 Å². The SMILES string of the molecule is CCc1nnc2n1C[C@@H](CNCc1coc(-c3cccs3)n1)CC2. The fourth-order valence-corrected chi connectivity index (χ4v) is 3.84. The molecular weight excluding hydrogens is 322 g/mol. The lowest BCUT2D eigenvalue weighted by Gasteiger charge is -2.24. The van der Waals surface area contributed by atoms with E-state index in [1.165, 1.54) is 0 Å². The summed E-state index contributed by atoms with van der Waals surface area (Å²) in [6.07, 6.45) is 4.87. The Morgan fingerprint density at radius 3 is 3.21 bits per heavy atom. The van der Waals surface area contributed by atoms with Crippen LogP contribution in [0.2, 0.25) is 0 Å². The summed E-state index contributed by atoms with van der Waals surface area (Å²) in [4.78, 5) is 5.62. The summed E-state index contributed by atoms with van der Waals surface area (Å²) < 4.78 is 7.85. The lowest BCUT2D eigenvalue weighted by molar-refractivity contribution is 0.342. The van der Waals surface area contributed by atoms with Gasteiger partial charge >= 0.3 is 0 Å². The van der Waals surface area contributed by atoms with Gasteiger partial charge in [0.1, 0.15) is 17.9 Å². The minimum Gasteiger partial charge on any atom is -0.444 e. The van der Waals surface area contributed by atoms with Gasteiger partial charge in [-0.2, -0.15) is 0 Å². The van der Waals surface area contributed by atoms with E-state index in [0.717, 1.165) is 61.1 Å². The molecule has 0 unspecified atom stereocenters. The van der Waals surface area contributed by atoms with Crippen molar-refractivity contribution in [3.8, 4) is 10.8 Å². The molecule has 1 aliphatic rings. The lowest BCUT2D eigenvalue weighted by Crippen LogP contribution is -2.30. The molecule has 3 aromatic rings. The summed E-state index contributed by atoms with van der Waals surface area (Å²) in [6.45, 7) is 4.86. The van der Waals surface area contributed by atoms with E-state index >= 15 is 0 Å². The first-order valence-corrected chi connectivity index (χ1v) is 9.31. The van der Waals surface area contributed by atoms with Gasteiger partial charge in [-0.1, -0.05) is 13.0 Å². The smallest absolute Gasteiger partial charge is 0.236 e. The molecule has 7 heteroatoms. The first-order valence-electron chi connectivity index (χ1n) is 8.43. The lowest BCUT2D eigenvalue weighted by atomic mass is 9.99. The number of rotatable bonds is 6. The van der Waals surface area contributed by atoms with Crippen LogP contribution in [0.5, 0.6) is 0 Å². The van der Waals surface area contributed by atoms with Gasteiger partial charge in [0.2, 0.25) is 5.89 Å². The van der Waals surface area contributed by atoms with Crippen LogP contribution in [0.3, 0.4) is 0 Å². The Morgan fingerprint density at radius 2 is 2.38 bits per heavy atom. The Bertz CT molecular complexity index is 778. The minimum atomic E-state index is 0.613. The second kappa shape index (κ2) is 6.86. The molecule has 0 spiro atoms. The molecule has 0 amide bonds. The zero-order valence-corrected chi connectivity index (χ0v) is 14.6. The van der Waals surface area contributed by atoms with Crippen LogP contribution in [-0.2, 0) is 25.9 Å². The van der Waals surface area contributed by atoms with Crippen LogP contribution in [0.15, 0.2) is 28.2 Å². The van der Waals surface area contributed by atoms with Gasteiger partial charge in [0.15, 0.2) is 0 Å². The molecule has 6 nitrogen and oxygen atoms in total. The maximum Gasteiger partial charge on any atom is 0.236 e. The molecule has 0 saturated carbocycles. The maximum atomic E-state index is 5.56. The van der Waals surface area contributed by atoms with Crippen molar-refractivity contribution in [2.45, 2.75) is 39.3 Å². The number of nitrogens with zero attached hydrogens (tertiary/aromatic N) is 4. The Morgan fingerprint density at radius 1 is 1.42 bits per heavy atom. The Hall–Kier alpha value is -1.99. The van der Waals surface area contributed by atoms with Gasteiger partial charge in [0.25, 0.3) is 0 Å². The van der Waals surface area contributed by atoms with Gasteiger partial charge < -0.3 is 14.3 Å². The van der Waals surface area contributed by atoms with Gasteiger partial charge in [-0.25, -0.2) is 4.98 Å². The molecule has 1 aliphatic heterocycles. The van der Waals surface area contributed by atoms with Crippen LogP contribution in [0, 0.1) is 5.92 Å². The maximum absolute atomic E-state index is 5.56. The number of fused-ring (bicyclic) bond motifs is 1. The molecule has 24 heavy (non-hydrogen) atoms. The average Bonchev–Trinajstić information content (AvgIpc) is 3.34. The predicted molar refractivity (Wildman–Crippen MR) is 92.7 cm³/mol. The van der Waals surface area contributed by atoms with E-state index in [1.807, 2.05) is 17.5 Å². The van der Waals surface area contributed by atoms with Crippen LogP contribution >= 0.6 is 11.3 Å². The third-order valence-electron chi connectivity index (χ3n) is 4.46. The molecule has 0 radical (unpaired) electrons. The van der Waals surface area contributed by atoms with E-state index in [1.54, 1.807) is 17.6 Å². The molecule has 0 bridgehead atoms. The fourth-order valence-electron chi connectivity index (χ4n) is 3.18. The second-order valence-corrected chi connectivity index (χ2v) is 7.10. The van der Waals surface area contributed by atoms with Gasteiger partial charge in [-0.3, -0.25) is 0 Å². The van der Waals surface area contributed by atoms with E-state index in [2.05, 4.69) is 32.0 Å². The van der Waals surface area contributed by atoms with Gasteiger partial charge in [-0.15, -0.1) is 21.5 Å². The van der Waals surface area contributed by atoms with Crippen LogP contribution in [0.25, 0.3) is 10.8 Å². The molecule has 1 N–H and O–H groups in total. The van der Waals surface area contributed by atoms with E-state index in [-0.39, 0.29) is 0 Å². The highest BCUT2D eigenvalue weighted by Crippen LogP contribution is 2.24. The normalized spacial score (nSPS) is 17.1. The van der Waals surface area contributed by atoms with Crippen molar-refractivity contribution < 1.29 is 4.42 Å². The van der Waals surface area contributed by atoms with E-state index in [9.17, 15) is 0 Å². The van der Waals surface area contributed by atoms with E-state index in [4.69, 9.17) is 4.42 Å². The molecule has 1 atom stereocenters. The summed E-state index contributed by atoms with van der Waals surface area (Å²) in [5.74, 6) is 3.57.